The van der Waals surface area contributed by atoms with E-state index in [0.717, 1.165) is 11.2 Å². The van der Waals surface area contributed by atoms with Gasteiger partial charge in [0.15, 0.2) is 0 Å². The summed E-state index contributed by atoms with van der Waals surface area (Å²) in [5.74, 6) is 6.40. The molecule has 2 aromatic rings. The van der Waals surface area contributed by atoms with Crippen LogP contribution in [0.3, 0.4) is 0 Å². The molecular formula is C15H19N3. The van der Waals surface area contributed by atoms with E-state index in [2.05, 4.69) is 40.7 Å². The van der Waals surface area contributed by atoms with Gasteiger partial charge in [0.2, 0.25) is 0 Å². The lowest BCUT2D eigenvalue weighted by Gasteiger charge is -2.33. The third kappa shape index (κ3) is 2.00. The summed E-state index contributed by atoms with van der Waals surface area (Å²) in [4.78, 5) is 4.53. The van der Waals surface area contributed by atoms with Crippen molar-refractivity contribution in [2.75, 3.05) is 0 Å². The van der Waals surface area contributed by atoms with Crippen molar-refractivity contribution in [3.63, 3.8) is 0 Å². The van der Waals surface area contributed by atoms with Crippen molar-refractivity contribution in [2.45, 2.75) is 32.2 Å². The average Bonchev–Trinajstić information content (AvgIpc) is 2.33. The molecule has 0 bridgehead atoms. The minimum atomic E-state index is 0.282. The number of rotatable bonds is 3. The molecule has 1 saturated carbocycles. The second-order valence-corrected chi connectivity index (χ2v) is 5.24. The standard InChI is InChI=1S/C15H19N3/c1-10-5-6-12-9-13(7-8-14(12)17-10)15(18-16)11-3-2-4-11/h5-9,11,15,18H,2-4,16H2,1H3. The summed E-state index contributed by atoms with van der Waals surface area (Å²) in [7, 11) is 0. The third-order valence-corrected chi connectivity index (χ3v) is 4.01. The molecule has 0 radical (unpaired) electrons. The molecule has 3 N–H and O–H groups in total. The van der Waals surface area contributed by atoms with Crippen molar-refractivity contribution in [1.82, 2.24) is 10.4 Å². The SMILES string of the molecule is Cc1ccc2cc(C(NN)C3CCC3)ccc2n1. The van der Waals surface area contributed by atoms with Crippen molar-refractivity contribution in [3.8, 4) is 0 Å². The highest BCUT2D eigenvalue weighted by atomic mass is 15.2. The van der Waals surface area contributed by atoms with E-state index in [0.29, 0.717) is 5.92 Å². The maximum absolute atomic E-state index is 5.72. The average molecular weight is 241 g/mol. The van der Waals surface area contributed by atoms with E-state index in [1.165, 1.54) is 30.2 Å². The van der Waals surface area contributed by atoms with Crippen molar-refractivity contribution in [1.29, 1.82) is 0 Å². The van der Waals surface area contributed by atoms with Gasteiger partial charge in [0.25, 0.3) is 0 Å². The fourth-order valence-electron chi connectivity index (χ4n) is 2.72. The van der Waals surface area contributed by atoms with E-state index < -0.39 is 0 Å². The summed E-state index contributed by atoms with van der Waals surface area (Å²) in [5.41, 5.74) is 6.37. The summed E-state index contributed by atoms with van der Waals surface area (Å²) in [5, 5.41) is 1.19. The van der Waals surface area contributed by atoms with Gasteiger partial charge < -0.3 is 0 Å². The highest BCUT2D eigenvalue weighted by Gasteiger charge is 2.27. The zero-order chi connectivity index (χ0) is 12.5. The minimum absolute atomic E-state index is 0.282. The fourth-order valence-corrected chi connectivity index (χ4v) is 2.72. The van der Waals surface area contributed by atoms with Gasteiger partial charge in [-0.2, -0.15) is 0 Å². The zero-order valence-electron chi connectivity index (χ0n) is 10.7. The molecule has 3 nitrogen and oxygen atoms in total. The molecule has 1 atom stereocenters. The summed E-state index contributed by atoms with van der Waals surface area (Å²) < 4.78 is 0. The summed E-state index contributed by atoms with van der Waals surface area (Å²) >= 11 is 0. The van der Waals surface area contributed by atoms with Gasteiger partial charge in [-0.05, 0) is 49.4 Å². The van der Waals surface area contributed by atoms with Gasteiger partial charge in [-0.25, -0.2) is 0 Å². The molecule has 94 valence electrons. The van der Waals surface area contributed by atoms with Crippen molar-refractivity contribution >= 4 is 10.9 Å². The van der Waals surface area contributed by atoms with Crippen LogP contribution in [-0.2, 0) is 0 Å². The second-order valence-electron chi connectivity index (χ2n) is 5.24. The van der Waals surface area contributed by atoms with Gasteiger partial charge in [0.05, 0.1) is 5.52 Å². The first-order valence-electron chi connectivity index (χ1n) is 6.61. The number of fused-ring (bicyclic) bond motifs is 1. The lowest BCUT2D eigenvalue weighted by molar-refractivity contribution is 0.232. The van der Waals surface area contributed by atoms with E-state index in [1.54, 1.807) is 0 Å². The quantitative estimate of drug-likeness (QED) is 0.641. The first-order chi connectivity index (χ1) is 8.78. The topological polar surface area (TPSA) is 50.9 Å². The number of aryl methyl sites for hydroxylation is 1. The normalized spacial score (nSPS) is 17.7. The molecule has 0 amide bonds. The van der Waals surface area contributed by atoms with Gasteiger partial charge in [-0.1, -0.05) is 18.6 Å². The molecule has 1 aromatic heterocycles. The number of pyridine rings is 1. The summed E-state index contributed by atoms with van der Waals surface area (Å²) in [6, 6.07) is 10.9. The molecule has 1 fully saturated rings. The van der Waals surface area contributed by atoms with Gasteiger partial charge >= 0.3 is 0 Å². The number of nitrogens with two attached hydrogens (primary N) is 1. The number of aromatic nitrogens is 1. The maximum Gasteiger partial charge on any atom is 0.0705 e. The lowest BCUT2D eigenvalue weighted by Crippen LogP contribution is -2.36. The van der Waals surface area contributed by atoms with Crippen LogP contribution in [0.4, 0.5) is 0 Å². The third-order valence-electron chi connectivity index (χ3n) is 4.01. The highest BCUT2D eigenvalue weighted by Crippen LogP contribution is 2.37. The Labute approximate surface area is 107 Å². The van der Waals surface area contributed by atoms with Gasteiger partial charge in [0.1, 0.15) is 0 Å². The molecular weight excluding hydrogens is 222 g/mol. The first kappa shape index (κ1) is 11.6. The van der Waals surface area contributed by atoms with E-state index >= 15 is 0 Å². The molecule has 1 aliphatic carbocycles. The van der Waals surface area contributed by atoms with Crippen molar-refractivity contribution in [2.24, 2.45) is 11.8 Å². The molecule has 1 heterocycles. The van der Waals surface area contributed by atoms with Crippen molar-refractivity contribution in [3.05, 3.63) is 41.6 Å². The Morgan fingerprint density at radius 3 is 2.78 bits per heavy atom. The van der Waals surface area contributed by atoms with Crippen LogP contribution in [-0.4, -0.2) is 4.98 Å². The van der Waals surface area contributed by atoms with Crippen LogP contribution in [0.25, 0.3) is 10.9 Å². The molecule has 0 spiro atoms. The Hall–Kier alpha value is -1.45. The molecule has 3 heteroatoms. The maximum atomic E-state index is 5.72. The number of hydrazine groups is 1. The molecule has 3 rings (SSSR count). The predicted molar refractivity (Wildman–Crippen MR) is 73.9 cm³/mol. The molecule has 1 aromatic carbocycles. The van der Waals surface area contributed by atoms with E-state index in [1.807, 2.05) is 6.92 Å². The number of nitrogens with zero attached hydrogens (tertiary/aromatic N) is 1. The largest absolute Gasteiger partial charge is 0.271 e. The smallest absolute Gasteiger partial charge is 0.0705 e. The Morgan fingerprint density at radius 1 is 1.28 bits per heavy atom. The molecule has 0 aliphatic heterocycles. The van der Waals surface area contributed by atoms with Crippen LogP contribution >= 0.6 is 0 Å². The van der Waals surface area contributed by atoms with E-state index in [9.17, 15) is 0 Å². The lowest BCUT2D eigenvalue weighted by atomic mass is 9.77. The van der Waals surface area contributed by atoms with Gasteiger partial charge in [-0.15, -0.1) is 0 Å². The van der Waals surface area contributed by atoms with Crippen molar-refractivity contribution < 1.29 is 0 Å². The number of benzene rings is 1. The second kappa shape index (κ2) is 4.67. The predicted octanol–water partition coefficient (Wildman–Crippen LogP) is 2.85. The number of hydrogen-bond acceptors (Lipinski definition) is 3. The summed E-state index contributed by atoms with van der Waals surface area (Å²) in [6.07, 6.45) is 3.88. The van der Waals surface area contributed by atoms with Gasteiger partial charge in [-0.3, -0.25) is 16.3 Å². The van der Waals surface area contributed by atoms with E-state index in [4.69, 9.17) is 5.84 Å². The first-order valence-corrected chi connectivity index (χ1v) is 6.61. The summed E-state index contributed by atoms with van der Waals surface area (Å²) in [6.45, 7) is 2.02. The Morgan fingerprint density at radius 2 is 2.11 bits per heavy atom. The molecule has 0 saturated heterocycles. The van der Waals surface area contributed by atoms with Crippen LogP contribution < -0.4 is 11.3 Å². The zero-order valence-corrected chi connectivity index (χ0v) is 10.7. The van der Waals surface area contributed by atoms with Crippen LogP contribution in [0.15, 0.2) is 30.3 Å². The molecule has 1 aliphatic rings. The molecule has 18 heavy (non-hydrogen) atoms. The van der Waals surface area contributed by atoms with Crippen LogP contribution in [0.5, 0.6) is 0 Å². The Kier molecular flexibility index (Phi) is 3.02. The van der Waals surface area contributed by atoms with Crippen LogP contribution in [0.1, 0.15) is 36.6 Å². The Balaban J connectivity index is 1.98. The van der Waals surface area contributed by atoms with Gasteiger partial charge in [0, 0.05) is 17.1 Å². The number of nitrogens with one attached hydrogen (secondary N) is 1. The highest BCUT2D eigenvalue weighted by molar-refractivity contribution is 5.79. The van der Waals surface area contributed by atoms with Crippen LogP contribution in [0, 0.1) is 12.8 Å². The van der Waals surface area contributed by atoms with E-state index in [-0.39, 0.29) is 6.04 Å². The monoisotopic (exact) mass is 241 g/mol. The minimum Gasteiger partial charge on any atom is -0.271 e. The fraction of sp³-hybridized carbons (Fsp3) is 0.400. The van der Waals surface area contributed by atoms with Crippen LogP contribution in [0.2, 0.25) is 0 Å². The Bertz CT molecular complexity index is 561. The molecule has 1 unspecified atom stereocenters. The number of hydrogen-bond donors (Lipinski definition) is 2.